The molecule has 1 aromatic rings. The van der Waals surface area contributed by atoms with Crippen molar-refractivity contribution in [1.29, 1.82) is 5.26 Å². The van der Waals surface area contributed by atoms with Crippen molar-refractivity contribution in [2.75, 3.05) is 11.9 Å². The number of nitrogens with zero attached hydrogens (tertiary/aromatic N) is 1. The number of carbonyl (C=O) groups is 2. The molecule has 0 unspecified atom stereocenters. The summed E-state index contributed by atoms with van der Waals surface area (Å²) in [4.78, 5) is 23.6. The van der Waals surface area contributed by atoms with Crippen molar-refractivity contribution in [1.82, 2.24) is 0 Å². The molecule has 1 amide bonds. The van der Waals surface area contributed by atoms with E-state index in [9.17, 15) is 9.59 Å². The number of carbonyl (C=O) groups excluding carboxylic acids is 2. The summed E-state index contributed by atoms with van der Waals surface area (Å²) in [7, 11) is 0. The second kappa shape index (κ2) is 9.29. The third kappa shape index (κ3) is 5.86. The summed E-state index contributed by atoms with van der Waals surface area (Å²) in [6.07, 6.45) is 7.30. The number of benzene rings is 1. The number of halogens is 1. The fourth-order valence-corrected chi connectivity index (χ4v) is 3.09. The quantitative estimate of drug-likeness (QED) is 0.786. The summed E-state index contributed by atoms with van der Waals surface area (Å²) >= 11 is 5.85. The summed E-state index contributed by atoms with van der Waals surface area (Å²) < 4.78 is 5.00. The van der Waals surface area contributed by atoms with Crippen molar-refractivity contribution in [3.05, 3.63) is 28.8 Å². The summed E-state index contributed by atoms with van der Waals surface area (Å²) in [6, 6.07) is 6.55. The second-order valence-electron chi connectivity index (χ2n) is 6.05. The molecule has 0 radical (unpaired) electrons. The van der Waals surface area contributed by atoms with E-state index >= 15 is 0 Å². The van der Waals surface area contributed by atoms with Crippen molar-refractivity contribution in [3.63, 3.8) is 0 Å². The fraction of sp³-hybridized carbons (Fsp3) is 0.500. The Balaban J connectivity index is 1.73. The van der Waals surface area contributed by atoms with E-state index in [0.29, 0.717) is 28.6 Å². The Labute approximate surface area is 146 Å². The van der Waals surface area contributed by atoms with Crippen LogP contribution in [0.2, 0.25) is 5.02 Å². The zero-order chi connectivity index (χ0) is 17.4. The Morgan fingerprint density at radius 3 is 2.75 bits per heavy atom. The van der Waals surface area contributed by atoms with Gasteiger partial charge in [-0.05, 0) is 30.5 Å². The van der Waals surface area contributed by atoms with Gasteiger partial charge in [0.15, 0.2) is 6.61 Å². The molecule has 5 nitrogen and oxygen atoms in total. The molecule has 6 heteroatoms. The van der Waals surface area contributed by atoms with Crippen LogP contribution in [0, 0.1) is 17.2 Å². The molecule has 1 aromatic carbocycles. The minimum Gasteiger partial charge on any atom is -0.456 e. The van der Waals surface area contributed by atoms with Gasteiger partial charge in [-0.25, -0.2) is 0 Å². The summed E-state index contributed by atoms with van der Waals surface area (Å²) in [5, 5.41) is 12.0. The highest BCUT2D eigenvalue weighted by Crippen LogP contribution is 2.27. The molecule has 0 saturated heterocycles. The van der Waals surface area contributed by atoms with E-state index in [4.69, 9.17) is 21.6 Å². The third-order valence-electron chi connectivity index (χ3n) is 4.22. The standard InChI is InChI=1S/C18H21ClN2O3/c19-15-8-7-14(11-20)16(10-15)21-17(22)12-24-18(23)9-6-13-4-2-1-3-5-13/h7-8,10,13H,1-6,9,12H2,(H,21,22). The molecule has 0 aliphatic heterocycles. The average Bonchev–Trinajstić information content (AvgIpc) is 2.59. The Kier molecular flexibility index (Phi) is 7.07. The van der Waals surface area contributed by atoms with Gasteiger partial charge in [0.25, 0.3) is 5.91 Å². The molecule has 2 rings (SSSR count). The van der Waals surface area contributed by atoms with Crippen molar-refractivity contribution >= 4 is 29.2 Å². The number of rotatable bonds is 6. The Hall–Kier alpha value is -2.06. The van der Waals surface area contributed by atoms with E-state index in [0.717, 1.165) is 6.42 Å². The SMILES string of the molecule is N#Cc1ccc(Cl)cc1NC(=O)COC(=O)CCC1CCCCC1. The van der Waals surface area contributed by atoms with Crippen LogP contribution in [-0.2, 0) is 14.3 Å². The number of amides is 1. The lowest BCUT2D eigenvalue weighted by atomic mass is 9.86. The van der Waals surface area contributed by atoms with E-state index in [1.54, 1.807) is 6.07 Å². The van der Waals surface area contributed by atoms with Crippen LogP contribution in [0.5, 0.6) is 0 Å². The highest BCUT2D eigenvalue weighted by Gasteiger charge is 2.16. The predicted molar refractivity (Wildman–Crippen MR) is 91.6 cm³/mol. The minimum atomic E-state index is -0.486. The second-order valence-corrected chi connectivity index (χ2v) is 6.49. The van der Waals surface area contributed by atoms with E-state index in [1.807, 2.05) is 6.07 Å². The van der Waals surface area contributed by atoms with Gasteiger partial charge in [0, 0.05) is 11.4 Å². The molecule has 0 spiro atoms. The first-order valence-electron chi connectivity index (χ1n) is 8.23. The number of hydrogen-bond acceptors (Lipinski definition) is 4. The van der Waals surface area contributed by atoms with Crippen LogP contribution in [-0.4, -0.2) is 18.5 Å². The van der Waals surface area contributed by atoms with Crippen molar-refractivity contribution in [2.24, 2.45) is 5.92 Å². The first kappa shape index (κ1) is 18.3. The third-order valence-corrected chi connectivity index (χ3v) is 4.46. The van der Waals surface area contributed by atoms with Gasteiger partial charge in [-0.15, -0.1) is 0 Å². The first-order valence-corrected chi connectivity index (χ1v) is 8.61. The Morgan fingerprint density at radius 2 is 2.04 bits per heavy atom. The van der Waals surface area contributed by atoms with Gasteiger partial charge >= 0.3 is 5.97 Å². The molecular formula is C18H21ClN2O3. The monoisotopic (exact) mass is 348 g/mol. The molecular weight excluding hydrogens is 328 g/mol. The van der Waals surface area contributed by atoms with Gasteiger partial charge in [0.2, 0.25) is 0 Å². The lowest BCUT2D eigenvalue weighted by Crippen LogP contribution is -2.21. The van der Waals surface area contributed by atoms with E-state index in [2.05, 4.69) is 5.32 Å². The number of anilines is 1. The number of esters is 1. The highest BCUT2D eigenvalue weighted by atomic mass is 35.5. The first-order chi connectivity index (χ1) is 11.6. The van der Waals surface area contributed by atoms with E-state index in [1.165, 1.54) is 44.2 Å². The number of hydrogen-bond donors (Lipinski definition) is 1. The van der Waals surface area contributed by atoms with Gasteiger partial charge in [0.1, 0.15) is 6.07 Å². The van der Waals surface area contributed by atoms with Crippen LogP contribution in [0.25, 0.3) is 0 Å². The zero-order valence-corrected chi connectivity index (χ0v) is 14.3. The summed E-state index contributed by atoms with van der Waals surface area (Å²) in [5.41, 5.74) is 0.615. The number of ether oxygens (including phenoxy) is 1. The van der Waals surface area contributed by atoms with Gasteiger partial charge in [-0.3, -0.25) is 9.59 Å². The topological polar surface area (TPSA) is 79.2 Å². The molecule has 0 atom stereocenters. The predicted octanol–water partition coefficient (Wildman–Crippen LogP) is 4.05. The van der Waals surface area contributed by atoms with Crippen LogP contribution >= 0.6 is 11.6 Å². The molecule has 1 N–H and O–H groups in total. The minimum absolute atomic E-state index is 0.302. The van der Waals surface area contributed by atoms with Crippen LogP contribution < -0.4 is 5.32 Å². The van der Waals surface area contributed by atoms with Crippen LogP contribution in [0.1, 0.15) is 50.5 Å². The number of nitrogens with one attached hydrogen (secondary N) is 1. The Morgan fingerprint density at radius 1 is 1.29 bits per heavy atom. The lowest BCUT2D eigenvalue weighted by molar-refractivity contribution is -0.147. The molecule has 0 aromatic heterocycles. The van der Waals surface area contributed by atoms with Crippen molar-refractivity contribution < 1.29 is 14.3 Å². The van der Waals surface area contributed by atoms with E-state index in [-0.39, 0.29) is 12.6 Å². The Bertz CT molecular complexity index is 634. The van der Waals surface area contributed by atoms with Crippen LogP contribution in [0.3, 0.4) is 0 Å². The molecule has 1 aliphatic carbocycles. The fourth-order valence-electron chi connectivity index (χ4n) is 2.92. The van der Waals surface area contributed by atoms with Crippen molar-refractivity contribution in [2.45, 2.75) is 44.9 Å². The molecule has 0 bridgehead atoms. The maximum atomic E-state index is 11.9. The van der Waals surface area contributed by atoms with Gasteiger partial charge in [-0.1, -0.05) is 43.7 Å². The maximum Gasteiger partial charge on any atom is 0.306 e. The largest absolute Gasteiger partial charge is 0.456 e. The van der Waals surface area contributed by atoms with Gasteiger partial charge in [0.05, 0.1) is 11.3 Å². The normalized spacial score (nSPS) is 14.7. The smallest absolute Gasteiger partial charge is 0.306 e. The highest BCUT2D eigenvalue weighted by molar-refractivity contribution is 6.31. The van der Waals surface area contributed by atoms with Crippen molar-refractivity contribution in [3.8, 4) is 6.07 Å². The summed E-state index contributed by atoms with van der Waals surface area (Å²) in [5.74, 6) is -0.244. The summed E-state index contributed by atoms with van der Waals surface area (Å²) in [6.45, 7) is -0.360. The lowest BCUT2D eigenvalue weighted by Gasteiger charge is -2.20. The molecule has 1 saturated carbocycles. The van der Waals surface area contributed by atoms with Gasteiger partial charge < -0.3 is 10.1 Å². The van der Waals surface area contributed by atoms with Crippen LogP contribution in [0.15, 0.2) is 18.2 Å². The average molecular weight is 349 g/mol. The molecule has 128 valence electrons. The molecule has 24 heavy (non-hydrogen) atoms. The van der Waals surface area contributed by atoms with E-state index < -0.39 is 5.91 Å². The van der Waals surface area contributed by atoms with Gasteiger partial charge in [-0.2, -0.15) is 5.26 Å². The van der Waals surface area contributed by atoms with Crippen LogP contribution in [0.4, 0.5) is 5.69 Å². The molecule has 1 aliphatic rings. The molecule has 0 heterocycles. The number of nitriles is 1. The molecule has 1 fully saturated rings. The zero-order valence-electron chi connectivity index (χ0n) is 13.5. The maximum absolute atomic E-state index is 11.9.